The second kappa shape index (κ2) is 4.60. The number of hydrogen-bond acceptors (Lipinski definition) is 4. The zero-order valence-corrected chi connectivity index (χ0v) is 11.1. The molecule has 90 valence electrons. The summed E-state index contributed by atoms with van der Waals surface area (Å²) in [4.78, 5) is 5.93. The smallest absolute Gasteiger partial charge is 0.187 e. The summed E-state index contributed by atoms with van der Waals surface area (Å²) in [6, 6.07) is 7.28. The number of benzene rings is 1. The number of fused-ring (bicyclic) bond motifs is 1. The van der Waals surface area contributed by atoms with Crippen LogP contribution in [0.3, 0.4) is 0 Å². The summed E-state index contributed by atoms with van der Waals surface area (Å²) < 4.78 is 0. The molecule has 1 aromatic carbocycles. The molecule has 0 unspecified atom stereocenters. The quantitative estimate of drug-likeness (QED) is 0.904. The van der Waals surface area contributed by atoms with Gasteiger partial charge in [-0.2, -0.15) is 5.26 Å². The van der Waals surface area contributed by atoms with Crippen molar-refractivity contribution < 1.29 is 0 Å². The van der Waals surface area contributed by atoms with E-state index in [1.54, 1.807) is 23.5 Å². The lowest BCUT2D eigenvalue weighted by Gasteiger charge is -2.05. The number of hydrogen-bond donors (Lipinski definition) is 1. The lowest BCUT2D eigenvalue weighted by molar-refractivity contribution is 0.900. The fraction of sp³-hybridized carbons (Fsp3) is 0.231. The average Bonchev–Trinajstić information content (AvgIpc) is 2.92. The first kappa shape index (κ1) is 11.5. The van der Waals surface area contributed by atoms with E-state index in [0.29, 0.717) is 10.6 Å². The van der Waals surface area contributed by atoms with Gasteiger partial charge >= 0.3 is 0 Å². The number of rotatable bonds is 2. The highest BCUT2D eigenvalue weighted by molar-refractivity contribution is 7.15. The topological polar surface area (TPSA) is 48.7 Å². The minimum absolute atomic E-state index is 0.546. The molecule has 0 saturated carbocycles. The molecule has 1 N–H and O–H groups in total. The van der Waals surface area contributed by atoms with E-state index in [9.17, 15) is 0 Å². The van der Waals surface area contributed by atoms with Crippen LogP contribution in [0.5, 0.6) is 0 Å². The van der Waals surface area contributed by atoms with Gasteiger partial charge in [0.2, 0.25) is 0 Å². The van der Waals surface area contributed by atoms with Crippen LogP contribution in [0, 0.1) is 11.3 Å². The van der Waals surface area contributed by atoms with Crippen LogP contribution < -0.4 is 5.32 Å². The van der Waals surface area contributed by atoms with Gasteiger partial charge in [0.15, 0.2) is 5.13 Å². The zero-order chi connectivity index (χ0) is 12.5. The van der Waals surface area contributed by atoms with E-state index in [-0.39, 0.29) is 0 Å². The molecule has 0 aliphatic heterocycles. The molecular weight excluding hydrogens is 266 g/mol. The standard InChI is InChI=1S/C13H10ClN3S/c14-9-6-8(7-15)4-5-10(9)16-13-17-11-2-1-3-12(11)18-13/h4-6H,1-3H2,(H,16,17). The van der Waals surface area contributed by atoms with Gasteiger partial charge in [0.1, 0.15) is 0 Å². The van der Waals surface area contributed by atoms with Crippen LogP contribution in [-0.4, -0.2) is 4.98 Å². The molecule has 1 aliphatic carbocycles. The molecule has 5 heteroatoms. The summed E-state index contributed by atoms with van der Waals surface area (Å²) in [6.45, 7) is 0. The minimum Gasteiger partial charge on any atom is -0.330 e. The highest BCUT2D eigenvalue weighted by Gasteiger charge is 2.17. The van der Waals surface area contributed by atoms with Gasteiger partial charge in [0.25, 0.3) is 0 Å². The van der Waals surface area contributed by atoms with Gasteiger partial charge in [-0.1, -0.05) is 11.6 Å². The second-order valence-electron chi connectivity index (χ2n) is 4.17. The molecule has 3 rings (SSSR count). The maximum Gasteiger partial charge on any atom is 0.187 e. The number of halogens is 1. The maximum atomic E-state index is 8.78. The predicted molar refractivity (Wildman–Crippen MR) is 73.6 cm³/mol. The predicted octanol–water partition coefficient (Wildman–Crippen LogP) is 3.90. The Hall–Kier alpha value is -1.57. The van der Waals surface area contributed by atoms with Crippen LogP contribution in [0.4, 0.5) is 10.8 Å². The molecule has 0 fully saturated rings. The third-order valence-electron chi connectivity index (χ3n) is 2.94. The molecule has 1 heterocycles. The highest BCUT2D eigenvalue weighted by atomic mass is 35.5. The summed E-state index contributed by atoms with van der Waals surface area (Å²) in [7, 11) is 0. The molecule has 0 radical (unpaired) electrons. The van der Waals surface area contributed by atoms with Crippen molar-refractivity contribution >= 4 is 33.8 Å². The Labute approximate surface area is 114 Å². The van der Waals surface area contributed by atoms with Crippen molar-refractivity contribution in [1.29, 1.82) is 5.26 Å². The molecule has 0 atom stereocenters. The van der Waals surface area contributed by atoms with Crippen molar-refractivity contribution in [2.45, 2.75) is 19.3 Å². The second-order valence-corrected chi connectivity index (χ2v) is 5.66. The molecule has 3 nitrogen and oxygen atoms in total. The molecule has 18 heavy (non-hydrogen) atoms. The summed E-state index contributed by atoms with van der Waals surface area (Å²) >= 11 is 7.81. The Kier molecular flexibility index (Phi) is 2.94. The van der Waals surface area contributed by atoms with Crippen molar-refractivity contribution in [2.24, 2.45) is 0 Å². The molecule has 1 aliphatic rings. The first-order valence-electron chi connectivity index (χ1n) is 5.71. The lowest BCUT2D eigenvalue weighted by atomic mass is 10.2. The maximum absolute atomic E-state index is 8.78. The fourth-order valence-electron chi connectivity index (χ4n) is 2.05. The Morgan fingerprint density at radius 2 is 2.28 bits per heavy atom. The largest absolute Gasteiger partial charge is 0.330 e. The van der Waals surface area contributed by atoms with Gasteiger partial charge < -0.3 is 5.32 Å². The first-order valence-corrected chi connectivity index (χ1v) is 6.91. The summed E-state index contributed by atoms with van der Waals surface area (Å²) in [5.41, 5.74) is 2.57. The van der Waals surface area contributed by atoms with E-state index in [1.165, 1.54) is 17.0 Å². The normalized spacial score (nSPS) is 13.1. The number of nitriles is 1. The van der Waals surface area contributed by atoms with Gasteiger partial charge in [-0.15, -0.1) is 11.3 Å². The van der Waals surface area contributed by atoms with Crippen molar-refractivity contribution in [2.75, 3.05) is 5.32 Å². The van der Waals surface area contributed by atoms with Gasteiger partial charge in [0, 0.05) is 4.88 Å². The first-order chi connectivity index (χ1) is 8.76. The van der Waals surface area contributed by atoms with E-state index in [0.717, 1.165) is 23.7 Å². The van der Waals surface area contributed by atoms with Crippen molar-refractivity contribution in [1.82, 2.24) is 4.98 Å². The SMILES string of the molecule is N#Cc1ccc(Nc2nc3c(s2)CCC3)c(Cl)c1. The number of nitrogens with zero attached hydrogens (tertiary/aromatic N) is 2. The number of aryl methyl sites for hydroxylation is 2. The van der Waals surface area contributed by atoms with E-state index < -0.39 is 0 Å². The van der Waals surface area contributed by atoms with Gasteiger partial charge in [-0.3, -0.25) is 0 Å². The van der Waals surface area contributed by atoms with Crippen LogP contribution in [0.15, 0.2) is 18.2 Å². The van der Waals surface area contributed by atoms with E-state index >= 15 is 0 Å². The van der Waals surface area contributed by atoms with Crippen LogP contribution in [0.25, 0.3) is 0 Å². The molecule has 0 bridgehead atoms. The Balaban J connectivity index is 1.86. The number of anilines is 2. The Morgan fingerprint density at radius 1 is 1.39 bits per heavy atom. The van der Waals surface area contributed by atoms with E-state index in [1.807, 2.05) is 6.07 Å². The molecular formula is C13H10ClN3S. The summed E-state index contributed by atoms with van der Waals surface area (Å²) in [5.74, 6) is 0. The third kappa shape index (κ3) is 2.07. The minimum atomic E-state index is 0.546. The number of aromatic nitrogens is 1. The van der Waals surface area contributed by atoms with Crippen LogP contribution in [0.1, 0.15) is 22.6 Å². The highest BCUT2D eigenvalue weighted by Crippen LogP contribution is 2.33. The van der Waals surface area contributed by atoms with Gasteiger partial charge in [0.05, 0.1) is 28.0 Å². The molecule has 0 saturated heterocycles. The van der Waals surface area contributed by atoms with E-state index in [2.05, 4.69) is 16.4 Å². The van der Waals surface area contributed by atoms with Crippen molar-refractivity contribution in [3.63, 3.8) is 0 Å². The van der Waals surface area contributed by atoms with Crippen LogP contribution >= 0.6 is 22.9 Å². The Bertz CT molecular complexity index is 621. The molecule has 1 aromatic heterocycles. The van der Waals surface area contributed by atoms with Crippen molar-refractivity contribution in [3.05, 3.63) is 39.4 Å². The van der Waals surface area contributed by atoms with Crippen LogP contribution in [-0.2, 0) is 12.8 Å². The van der Waals surface area contributed by atoms with Gasteiger partial charge in [-0.25, -0.2) is 4.98 Å². The third-order valence-corrected chi connectivity index (χ3v) is 4.32. The Morgan fingerprint density at radius 3 is 3.00 bits per heavy atom. The number of thiazole rings is 1. The number of nitrogens with one attached hydrogen (secondary N) is 1. The molecule has 0 spiro atoms. The van der Waals surface area contributed by atoms with E-state index in [4.69, 9.17) is 16.9 Å². The molecule has 2 aromatic rings. The summed E-state index contributed by atoms with van der Waals surface area (Å²) in [5, 5.41) is 13.4. The van der Waals surface area contributed by atoms with Gasteiger partial charge in [-0.05, 0) is 37.5 Å². The zero-order valence-electron chi connectivity index (χ0n) is 9.53. The lowest BCUT2D eigenvalue weighted by Crippen LogP contribution is -1.92. The van der Waals surface area contributed by atoms with Crippen molar-refractivity contribution in [3.8, 4) is 6.07 Å². The monoisotopic (exact) mass is 275 g/mol. The van der Waals surface area contributed by atoms with Crippen LogP contribution in [0.2, 0.25) is 5.02 Å². The average molecular weight is 276 g/mol. The molecule has 0 amide bonds. The fourth-order valence-corrected chi connectivity index (χ4v) is 3.34. The summed E-state index contributed by atoms with van der Waals surface area (Å²) in [6.07, 6.45) is 3.43.